The van der Waals surface area contributed by atoms with Crippen LogP contribution in [-0.2, 0) is 4.74 Å². The number of nitrogens with zero attached hydrogens (tertiary/aromatic N) is 2. The number of likely N-dealkylation sites (tertiary alicyclic amines) is 1. The molecule has 0 unspecified atom stereocenters. The second kappa shape index (κ2) is 8.08. The maximum Gasteiger partial charge on any atom is 0.410 e. The molecule has 1 aliphatic heterocycles. The standard InChI is InChI=1S/C20H25N3O3S/c1-20(2,3)26-19(25)23-11-9-14(10-12-23)18-22-16(13-27-18)17(24)21-15-7-5-4-6-8-15/h4-8,13-14H,9-12H2,1-3H3,(H,21,24). The Morgan fingerprint density at radius 2 is 1.85 bits per heavy atom. The lowest BCUT2D eigenvalue weighted by Gasteiger charge is -2.32. The molecule has 1 fully saturated rings. The van der Waals surface area contributed by atoms with E-state index in [1.807, 2.05) is 51.1 Å². The highest BCUT2D eigenvalue weighted by molar-refractivity contribution is 7.10. The van der Waals surface area contributed by atoms with Crippen molar-refractivity contribution in [3.63, 3.8) is 0 Å². The molecule has 0 atom stereocenters. The first-order chi connectivity index (χ1) is 12.8. The summed E-state index contributed by atoms with van der Waals surface area (Å²) in [5.41, 5.74) is 0.709. The topological polar surface area (TPSA) is 71.5 Å². The molecule has 0 spiro atoms. The Morgan fingerprint density at radius 1 is 1.19 bits per heavy atom. The average molecular weight is 388 g/mol. The lowest BCUT2D eigenvalue weighted by molar-refractivity contribution is 0.0205. The average Bonchev–Trinajstić information content (AvgIpc) is 3.11. The molecule has 1 saturated heterocycles. The van der Waals surface area contributed by atoms with E-state index < -0.39 is 5.60 Å². The van der Waals surface area contributed by atoms with Gasteiger partial charge >= 0.3 is 6.09 Å². The van der Waals surface area contributed by atoms with Gasteiger partial charge in [0.15, 0.2) is 0 Å². The maximum atomic E-state index is 12.3. The van der Waals surface area contributed by atoms with E-state index >= 15 is 0 Å². The quantitative estimate of drug-likeness (QED) is 0.841. The third-order valence-corrected chi connectivity index (χ3v) is 5.29. The molecular weight excluding hydrogens is 362 g/mol. The zero-order valence-corrected chi connectivity index (χ0v) is 16.7. The minimum atomic E-state index is -0.482. The Bertz CT molecular complexity index is 790. The molecule has 2 aromatic rings. The van der Waals surface area contributed by atoms with E-state index in [1.54, 1.807) is 10.3 Å². The van der Waals surface area contributed by atoms with E-state index in [0.29, 0.717) is 18.8 Å². The van der Waals surface area contributed by atoms with E-state index in [1.165, 1.54) is 11.3 Å². The number of thiazole rings is 1. The van der Waals surface area contributed by atoms with Crippen LogP contribution in [0.25, 0.3) is 0 Å². The number of para-hydroxylation sites is 1. The smallest absolute Gasteiger partial charge is 0.410 e. The first-order valence-electron chi connectivity index (χ1n) is 9.11. The molecule has 6 nitrogen and oxygen atoms in total. The van der Waals surface area contributed by atoms with Gasteiger partial charge < -0.3 is 15.0 Å². The van der Waals surface area contributed by atoms with Gasteiger partial charge in [0, 0.05) is 30.1 Å². The van der Waals surface area contributed by atoms with Crippen molar-refractivity contribution in [3.05, 3.63) is 46.4 Å². The van der Waals surface area contributed by atoms with Gasteiger partial charge in [-0.15, -0.1) is 11.3 Å². The van der Waals surface area contributed by atoms with Crippen LogP contribution in [0.3, 0.4) is 0 Å². The van der Waals surface area contributed by atoms with E-state index in [4.69, 9.17) is 4.74 Å². The predicted molar refractivity (Wildman–Crippen MR) is 106 cm³/mol. The van der Waals surface area contributed by atoms with Crippen molar-refractivity contribution in [1.82, 2.24) is 9.88 Å². The number of nitrogens with one attached hydrogen (secondary N) is 1. The third kappa shape index (κ3) is 5.29. The molecule has 144 valence electrons. The van der Waals surface area contributed by atoms with Gasteiger partial charge in [-0.25, -0.2) is 9.78 Å². The van der Waals surface area contributed by atoms with Crippen LogP contribution in [0.2, 0.25) is 0 Å². The highest BCUT2D eigenvalue weighted by Gasteiger charge is 2.29. The van der Waals surface area contributed by atoms with Crippen molar-refractivity contribution in [1.29, 1.82) is 0 Å². The van der Waals surface area contributed by atoms with Crippen LogP contribution in [0.15, 0.2) is 35.7 Å². The van der Waals surface area contributed by atoms with Crippen molar-refractivity contribution < 1.29 is 14.3 Å². The van der Waals surface area contributed by atoms with Crippen molar-refractivity contribution in [2.24, 2.45) is 0 Å². The van der Waals surface area contributed by atoms with Crippen LogP contribution in [0.1, 0.15) is 55.0 Å². The molecule has 1 N–H and O–H groups in total. The number of hydrogen-bond acceptors (Lipinski definition) is 5. The Hall–Kier alpha value is -2.41. The molecule has 1 aromatic heterocycles. The van der Waals surface area contributed by atoms with Gasteiger partial charge in [0.2, 0.25) is 0 Å². The summed E-state index contributed by atoms with van der Waals surface area (Å²) in [6, 6.07) is 9.34. The minimum absolute atomic E-state index is 0.199. The predicted octanol–water partition coefficient (Wildman–Crippen LogP) is 4.51. The van der Waals surface area contributed by atoms with Crippen molar-refractivity contribution >= 4 is 29.0 Å². The number of ether oxygens (including phenoxy) is 1. The SMILES string of the molecule is CC(C)(C)OC(=O)N1CCC(c2nc(C(=O)Nc3ccccc3)cs2)CC1. The Morgan fingerprint density at radius 3 is 2.48 bits per heavy atom. The van der Waals surface area contributed by atoms with Crippen LogP contribution in [0, 0.1) is 0 Å². The number of piperidine rings is 1. The van der Waals surface area contributed by atoms with Gasteiger partial charge in [-0.05, 0) is 45.7 Å². The fourth-order valence-corrected chi connectivity index (χ4v) is 3.90. The number of carbonyl (C=O) groups excluding carboxylic acids is 2. The van der Waals surface area contributed by atoms with Crippen LogP contribution >= 0.6 is 11.3 Å². The normalized spacial score (nSPS) is 15.4. The molecule has 2 heterocycles. The number of hydrogen-bond donors (Lipinski definition) is 1. The molecule has 3 rings (SSSR count). The Kier molecular flexibility index (Phi) is 5.79. The third-order valence-electron chi connectivity index (χ3n) is 4.28. The van der Waals surface area contributed by atoms with Crippen molar-refractivity contribution in [3.8, 4) is 0 Å². The van der Waals surface area contributed by atoms with Crippen LogP contribution in [0.4, 0.5) is 10.5 Å². The van der Waals surface area contributed by atoms with Crippen LogP contribution in [-0.4, -0.2) is 40.6 Å². The highest BCUT2D eigenvalue weighted by Crippen LogP contribution is 2.31. The molecule has 1 aliphatic rings. The molecule has 0 bridgehead atoms. The van der Waals surface area contributed by atoms with E-state index in [-0.39, 0.29) is 17.9 Å². The zero-order chi connectivity index (χ0) is 19.4. The first kappa shape index (κ1) is 19.4. The van der Waals surface area contributed by atoms with E-state index in [2.05, 4.69) is 10.3 Å². The first-order valence-corrected chi connectivity index (χ1v) is 9.99. The molecule has 0 radical (unpaired) electrons. The van der Waals surface area contributed by atoms with Gasteiger partial charge in [0.1, 0.15) is 11.3 Å². The van der Waals surface area contributed by atoms with E-state index in [9.17, 15) is 9.59 Å². The molecule has 2 amide bonds. The zero-order valence-electron chi connectivity index (χ0n) is 15.9. The fraction of sp³-hybridized carbons (Fsp3) is 0.450. The monoisotopic (exact) mass is 387 g/mol. The molecular formula is C20H25N3O3S. The summed E-state index contributed by atoms with van der Waals surface area (Å²) in [6.45, 7) is 6.90. The number of amides is 2. The van der Waals surface area contributed by atoms with Crippen molar-refractivity contribution in [2.75, 3.05) is 18.4 Å². The van der Waals surface area contributed by atoms with Gasteiger partial charge in [-0.2, -0.15) is 0 Å². The summed E-state index contributed by atoms with van der Waals surface area (Å²) in [7, 11) is 0. The van der Waals surface area contributed by atoms with Crippen LogP contribution in [0.5, 0.6) is 0 Å². The second-order valence-corrected chi connectivity index (χ2v) is 8.52. The lowest BCUT2D eigenvalue weighted by atomic mass is 9.98. The molecule has 0 saturated carbocycles. The highest BCUT2D eigenvalue weighted by atomic mass is 32.1. The lowest BCUT2D eigenvalue weighted by Crippen LogP contribution is -2.41. The van der Waals surface area contributed by atoms with Gasteiger partial charge in [0.05, 0.1) is 5.01 Å². The maximum absolute atomic E-state index is 12.3. The number of rotatable bonds is 3. The summed E-state index contributed by atoms with van der Waals surface area (Å²) in [6.07, 6.45) is 1.39. The fourth-order valence-electron chi connectivity index (χ4n) is 2.93. The summed E-state index contributed by atoms with van der Waals surface area (Å²) < 4.78 is 5.43. The molecule has 1 aromatic carbocycles. The second-order valence-electron chi connectivity index (χ2n) is 7.63. The minimum Gasteiger partial charge on any atom is -0.444 e. The van der Waals surface area contributed by atoms with Crippen molar-refractivity contribution in [2.45, 2.75) is 45.1 Å². The largest absolute Gasteiger partial charge is 0.444 e. The molecule has 27 heavy (non-hydrogen) atoms. The summed E-state index contributed by atoms with van der Waals surface area (Å²) in [5, 5.41) is 5.61. The Balaban J connectivity index is 1.55. The van der Waals surface area contributed by atoms with Gasteiger partial charge in [-0.3, -0.25) is 4.79 Å². The van der Waals surface area contributed by atoms with Gasteiger partial charge in [0.25, 0.3) is 5.91 Å². The number of carbonyl (C=O) groups is 2. The number of anilines is 1. The van der Waals surface area contributed by atoms with Crippen LogP contribution < -0.4 is 5.32 Å². The van der Waals surface area contributed by atoms with Gasteiger partial charge in [-0.1, -0.05) is 18.2 Å². The summed E-state index contributed by atoms with van der Waals surface area (Å²) in [5.74, 6) is 0.0712. The summed E-state index contributed by atoms with van der Waals surface area (Å²) in [4.78, 5) is 30.8. The number of aromatic nitrogens is 1. The number of benzene rings is 1. The molecule has 0 aliphatic carbocycles. The van der Waals surface area contributed by atoms with E-state index in [0.717, 1.165) is 23.5 Å². The summed E-state index contributed by atoms with van der Waals surface area (Å²) >= 11 is 1.51. The Labute approximate surface area is 163 Å². The molecule has 7 heteroatoms.